The summed E-state index contributed by atoms with van der Waals surface area (Å²) in [6.07, 6.45) is 1.82. The van der Waals surface area contributed by atoms with E-state index in [9.17, 15) is 0 Å². The van der Waals surface area contributed by atoms with Crippen LogP contribution in [0.3, 0.4) is 0 Å². The van der Waals surface area contributed by atoms with Crippen molar-refractivity contribution in [3.05, 3.63) is 36.4 Å². The highest BCUT2D eigenvalue weighted by Gasteiger charge is 2.65. The Hall–Kier alpha value is 0.769. The average Bonchev–Trinajstić information content (AvgIpc) is 2.69. The lowest BCUT2D eigenvalue weighted by Gasteiger charge is -2.49. The predicted molar refractivity (Wildman–Crippen MR) is 227 cm³/mol. The third kappa shape index (κ3) is 18.0. The summed E-state index contributed by atoms with van der Waals surface area (Å²) in [5, 5.41) is 0.742. The van der Waals surface area contributed by atoms with Crippen LogP contribution in [0.4, 0.5) is 0 Å². The van der Waals surface area contributed by atoms with Crippen LogP contribution in [0.15, 0.2) is 30.8 Å². The van der Waals surface area contributed by atoms with E-state index in [1.165, 1.54) is 0 Å². The molecule has 0 unspecified atom stereocenters. The lowest BCUT2D eigenvalue weighted by Crippen LogP contribution is -2.75. The molecule has 280 valence electrons. The van der Waals surface area contributed by atoms with Gasteiger partial charge in [0, 0.05) is 24.8 Å². The minimum Gasteiger partial charge on any atom is -0.417 e. The highest BCUT2D eigenvalue weighted by Crippen LogP contribution is 2.35. The van der Waals surface area contributed by atoms with Crippen molar-refractivity contribution in [1.29, 1.82) is 0 Å². The quantitative estimate of drug-likeness (QED) is 0.119. The Bertz CT molecular complexity index is 1060. The van der Waals surface area contributed by atoms with Gasteiger partial charge in [-0.25, -0.2) is 0 Å². The van der Waals surface area contributed by atoms with Gasteiger partial charge in [-0.05, 0) is 123 Å². The molecule has 0 radical (unpaired) electrons. The lowest BCUT2D eigenvalue weighted by molar-refractivity contribution is 0.131. The van der Waals surface area contributed by atoms with Gasteiger partial charge in [-0.15, -0.1) is 0 Å². The summed E-state index contributed by atoms with van der Waals surface area (Å²) in [5.41, 5.74) is 0.830. The van der Waals surface area contributed by atoms with Gasteiger partial charge in [-0.3, -0.25) is 0 Å². The van der Waals surface area contributed by atoms with E-state index in [-0.39, 0.29) is 0 Å². The molecular formula is C29H70O9Si10. The molecule has 0 atom stereocenters. The highest BCUT2D eigenvalue weighted by molar-refractivity contribution is 6.98. The van der Waals surface area contributed by atoms with Crippen molar-refractivity contribution >= 4 is 96.4 Å². The Morgan fingerprint density at radius 1 is 0.375 bits per heavy atom. The fourth-order valence-corrected chi connectivity index (χ4v) is 46.7. The smallest absolute Gasteiger partial charge is 0.417 e. The molecule has 0 aromatic heterocycles. The van der Waals surface area contributed by atoms with Crippen LogP contribution in [0.2, 0.25) is 137 Å². The molecule has 0 aliphatic rings. The fourth-order valence-electron chi connectivity index (χ4n) is 5.44. The Kier molecular flexibility index (Phi) is 15.6. The van der Waals surface area contributed by atoms with E-state index in [2.05, 4.69) is 124 Å². The van der Waals surface area contributed by atoms with Crippen LogP contribution in [0.1, 0.15) is 5.56 Å². The first kappa shape index (κ1) is 46.8. The van der Waals surface area contributed by atoms with Gasteiger partial charge in [0.15, 0.2) is 49.9 Å². The maximum absolute atomic E-state index is 7.58. The highest BCUT2D eigenvalue weighted by atomic mass is 28.6. The van der Waals surface area contributed by atoms with Gasteiger partial charge in [-0.1, -0.05) is 36.9 Å². The van der Waals surface area contributed by atoms with E-state index < -0.39 is 85.1 Å². The molecule has 1 rings (SSSR count). The molecule has 19 heteroatoms. The molecule has 0 aliphatic heterocycles. The minimum absolute atomic E-state index is 0.742. The normalized spacial score (nSPS) is 15.2. The van der Waals surface area contributed by atoms with Gasteiger partial charge in [-0.2, -0.15) is 0 Å². The maximum atomic E-state index is 7.58. The Morgan fingerprint density at radius 3 is 0.812 bits per heavy atom. The third-order valence-electron chi connectivity index (χ3n) is 5.42. The van der Waals surface area contributed by atoms with Gasteiger partial charge in [0.05, 0.1) is 0 Å². The fraction of sp³-hybridized carbons (Fsp3) is 0.724. The van der Waals surface area contributed by atoms with E-state index in [4.69, 9.17) is 37.0 Å². The van der Waals surface area contributed by atoms with Gasteiger partial charge in [0.2, 0.25) is 0 Å². The van der Waals surface area contributed by atoms with E-state index in [1.807, 2.05) is 50.0 Å². The van der Waals surface area contributed by atoms with Gasteiger partial charge >= 0.3 is 35.2 Å². The molecule has 0 amide bonds. The monoisotopic (exact) mass is 842 g/mol. The van der Waals surface area contributed by atoms with Gasteiger partial charge in [0.25, 0.3) is 0 Å². The topological polar surface area (TPSA) is 83.1 Å². The van der Waals surface area contributed by atoms with Gasteiger partial charge in [0.1, 0.15) is 0 Å². The van der Waals surface area contributed by atoms with Crippen molar-refractivity contribution in [2.24, 2.45) is 0 Å². The SMILES string of the molecule is C=Cc1ccccc1[Si](O[Si](C)(O[Si](C)(C)C)O[Si](C)(C)C)(O[Si](C)(O[Si](C)(C)C)O[Si](C)(C)C)O[Si](C)(O[Si](C)(C)C)O[Si](C)(C)C. The van der Waals surface area contributed by atoms with E-state index in [0.29, 0.717) is 0 Å². The molecule has 0 fully saturated rings. The zero-order valence-electron chi connectivity index (χ0n) is 34.3. The number of hydrogen-bond donors (Lipinski definition) is 0. The number of benzene rings is 1. The zero-order chi connectivity index (χ0) is 38.1. The summed E-state index contributed by atoms with van der Waals surface area (Å²) < 4.78 is 64.8. The van der Waals surface area contributed by atoms with E-state index >= 15 is 0 Å². The Balaban J connectivity index is 4.51. The second-order valence-electron chi connectivity index (χ2n) is 18.5. The summed E-state index contributed by atoms with van der Waals surface area (Å²) in [4.78, 5) is 0. The molecule has 0 saturated heterocycles. The standard InChI is InChI=1S/C29H70O9Si10/c1-23-28-26-24-25-27-29(28)48(36-45(20,30-39(2,3)4)31-40(5,6)7,37-46(21,32-41(8,9)10)33-42(11,12)13)38-47(22,34-43(14,15)16)35-44(17,18)19/h23-27H,1H2,2-22H3. The van der Waals surface area contributed by atoms with Crippen molar-refractivity contribution in [3.63, 3.8) is 0 Å². The van der Waals surface area contributed by atoms with Crippen molar-refractivity contribution in [2.45, 2.75) is 137 Å². The summed E-state index contributed by atoms with van der Waals surface area (Å²) in [5.74, 6) is 0. The average molecular weight is 844 g/mol. The van der Waals surface area contributed by atoms with Gasteiger partial charge < -0.3 is 37.0 Å². The van der Waals surface area contributed by atoms with Crippen LogP contribution in [0.5, 0.6) is 0 Å². The largest absolute Gasteiger partial charge is 0.515 e. The molecule has 0 bridgehead atoms. The summed E-state index contributed by atoms with van der Waals surface area (Å²) in [6, 6.07) is 7.98. The molecule has 48 heavy (non-hydrogen) atoms. The van der Waals surface area contributed by atoms with Crippen molar-refractivity contribution < 1.29 is 37.0 Å². The first-order valence-corrected chi connectivity index (χ1v) is 45.8. The molecule has 1 aromatic rings. The minimum atomic E-state index is -4.24. The molecule has 0 spiro atoms. The van der Waals surface area contributed by atoms with E-state index in [0.717, 1.165) is 10.8 Å². The summed E-state index contributed by atoms with van der Waals surface area (Å²) in [6.45, 7) is 48.9. The summed E-state index contributed by atoms with van der Waals surface area (Å²) >= 11 is 0. The lowest BCUT2D eigenvalue weighted by atomic mass is 10.2. The Labute approximate surface area is 305 Å². The van der Waals surface area contributed by atoms with Crippen molar-refractivity contribution in [2.75, 3.05) is 0 Å². The second kappa shape index (κ2) is 16.0. The number of hydrogen-bond acceptors (Lipinski definition) is 9. The Morgan fingerprint density at radius 2 is 0.604 bits per heavy atom. The molecule has 1 aromatic carbocycles. The molecule has 0 heterocycles. The van der Waals surface area contributed by atoms with Crippen LogP contribution in [0, 0.1) is 0 Å². The van der Waals surface area contributed by atoms with Crippen molar-refractivity contribution in [1.82, 2.24) is 0 Å². The number of rotatable bonds is 20. The van der Waals surface area contributed by atoms with Crippen LogP contribution in [-0.4, -0.2) is 85.1 Å². The third-order valence-corrected chi connectivity index (χ3v) is 37.8. The van der Waals surface area contributed by atoms with E-state index in [1.54, 1.807) is 0 Å². The molecule has 0 aliphatic carbocycles. The predicted octanol–water partition coefficient (Wildman–Crippen LogP) is 9.34. The maximum Gasteiger partial charge on any atom is 0.515 e. The molecule has 9 nitrogen and oxygen atoms in total. The van der Waals surface area contributed by atoms with Crippen molar-refractivity contribution in [3.8, 4) is 0 Å². The second-order valence-corrected chi connectivity index (χ2v) is 58.0. The van der Waals surface area contributed by atoms with Crippen LogP contribution >= 0.6 is 0 Å². The summed E-state index contributed by atoms with van der Waals surface area (Å²) in [7, 11) is -28.3. The van der Waals surface area contributed by atoms with Crippen LogP contribution < -0.4 is 5.19 Å². The zero-order valence-corrected chi connectivity index (χ0v) is 44.3. The first-order chi connectivity index (χ1) is 20.9. The molecule has 0 N–H and O–H groups in total. The van der Waals surface area contributed by atoms with Crippen LogP contribution in [0.25, 0.3) is 6.08 Å². The molecule has 0 saturated carbocycles. The first-order valence-electron chi connectivity index (χ1n) is 16.9. The molecular weight excluding hydrogens is 773 g/mol. The van der Waals surface area contributed by atoms with Crippen LogP contribution in [-0.2, 0) is 37.0 Å².